The minimum atomic E-state index is -0.840. The van der Waals surface area contributed by atoms with Gasteiger partial charge in [-0.2, -0.15) is 0 Å². The molecule has 2 rings (SSSR count). The highest BCUT2D eigenvalue weighted by atomic mass is 16.4. The van der Waals surface area contributed by atoms with E-state index in [4.69, 9.17) is 0 Å². The number of hydrogen-bond donors (Lipinski definition) is 1. The smallest absolute Gasteiger partial charge is 0.307 e. The van der Waals surface area contributed by atoms with Gasteiger partial charge in [-0.25, -0.2) is 0 Å². The molecule has 0 radical (unpaired) electrons. The van der Waals surface area contributed by atoms with E-state index in [0.717, 1.165) is 25.8 Å². The van der Waals surface area contributed by atoms with E-state index in [1.54, 1.807) is 0 Å². The minimum absolute atomic E-state index is 0.0586. The lowest BCUT2D eigenvalue weighted by atomic mass is 9.81. The van der Waals surface area contributed by atoms with Crippen molar-refractivity contribution in [2.24, 2.45) is 11.8 Å². The summed E-state index contributed by atoms with van der Waals surface area (Å²) in [6.45, 7) is 2.90. The summed E-state index contributed by atoms with van der Waals surface area (Å²) in [5.41, 5.74) is 0. The van der Waals surface area contributed by atoms with Crippen molar-refractivity contribution in [3.05, 3.63) is 12.2 Å². The summed E-state index contributed by atoms with van der Waals surface area (Å²) >= 11 is 0. The SMILES string of the molecule is CC[C@H]1CCCCN1C(=O)[C@H]1CC=CC[C@@H]1C(=O)O. The van der Waals surface area contributed by atoms with Crippen LogP contribution >= 0.6 is 0 Å². The maximum Gasteiger partial charge on any atom is 0.307 e. The van der Waals surface area contributed by atoms with Crippen molar-refractivity contribution in [3.8, 4) is 0 Å². The summed E-state index contributed by atoms with van der Waals surface area (Å²) in [6.07, 6.45) is 9.13. The van der Waals surface area contributed by atoms with Crippen LogP contribution in [0.1, 0.15) is 45.4 Å². The van der Waals surface area contributed by atoms with Crippen LogP contribution in [0, 0.1) is 11.8 Å². The number of rotatable bonds is 3. The van der Waals surface area contributed by atoms with Gasteiger partial charge >= 0.3 is 5.97 Å². The molecule has 1 saturated heterocycles. The number of likely N-dealkylation sites (tertiary alicyclic amines) is 1. The Morgan fingerprint density at radius 1 is 1.21 bits per heavy atom. The first kappa shape index (κ1) is 14.1. The normalized spacial score (nSPS) is 31.2. The van der Waals surface area contributed by atoms with E-state index in [9.17, 15) is 14.7 Å². The number of piperidine rings is 1. The highest BCUT2D eigenvalue weighted by Crippen LogP contribution is 2.30. The van der Waals surface area contributed by atoms with Gasteiger partial charge < -0.3 is 10.0 Å². The molecule has 0 aromatic rings. The van der Waals surface area contributed by atoms with Crippen LogP contribution in [0.2, 0.25) is 0 Å². The second-order valence-electron chi connectivity index (χ2n) is 5.58. The first-order valence-corrected chi connectivity index (χ1v) is 7.33. The quantitative estimate of drug-likeness (QED) is 0.797. The van der Waals surface area contributed by atoms with Crippen LogP contribution in [0.3, 0.4) is 0 Å². The fourth-order valence-electron chi connectivity index (χ4n) is 3.29. The molecule has 3 atom stereocenters. The average Bonchev–Trinajstić information content (AvgIpc) is 2.46. The van der Waals surface area contributed by atoms with E-state index in [2.05, 4.69) is 6.92 Å². The van der Waals surface area contributed by atoms with E-state index in [0.29, 0.717) is 18.9 Å². The summed E-state index contributed by atoms with van der Waals surface area (Å²) in [5, 5.41) is 9.27. The van der Waals surface area contributed by atoms with Crippen molar-refractivity contribution in [2.45, 2.75) is 51.5 Å². The second-order valence-corrected chi connectivity index (χ2v) is 5.58. The molecule has 1 fully saturated rings. The predicted octanol–water partition coefficient (Wildman–Crippen LogP) is 2.44. The third-order valence-corrected chi connectivity index (χ3v) is 4.45. The topological polar surface area (TPSA) is 57.6 Å². The zero-order chi connectivity index (χ0) is 13.8. The summed E-state index contributed by atoms with van der Waals surface area (Å²) in [5.74, 6) is -1.69. The fourth-order valence-corrected chi connectivity index (χ4v) is 3.29. The molecule has 1 amide bonds. The molecule has 4 nitrogen and oxygen atoms in total. The van der Waals surface area contributed by atoms with Crippen molar-refractivity contribution in [3.63, 3.8) is 0 Å². The average molecular weight is 265 g/mol. The molecule has 1 aliphatic carbocycles. The van der Waals surface area contributed by atoms with Crippen LogP contribution in [0.5, 0.6) is 0 Å². The Balaban J connectivity index is 2.12. The number of carboxylic acid groups (broad SMARTS) is 1. The lowest BCUT2D eigenvalue weighted by Crippen LogP contribution is -2.48. The van der Waals surface area contributed by atoms with E-state index in [1.807, 2.05) is 17.1 Å². The Hall–Kier alpha value is -1.32. The van der Waals surface area contributed by atoms with Gasteiger partial charge in [-0.15, -0.1) is 0 Å². The molecule has 106 valence electrons. The third-order valence-electron chi connectivity index (χ3n) is 4.45. The van der Waals surface area contributed by atoms with Crippen LogP contribution < -0.4 is 0 Å². The molecule has 0 bridgehead atoms. The maximum absolute atomic E-state index is 12.7. The molecule has 1 heterocycles. The van der Waals surface area contributed by atoms with Gasteiger partial charge in [-0.05, 0) is 38.5 Å². The van der Waals surface area contributed by atoms with Crippen LogP contribution in [0.25, 0.3) is 0 Å². The summed E-state index contributed by atoms with van der Waals surface area (Å²) < 4.78 is 0. The molecule has 19 heavy (non-hydrogen) atoms. The standard InChI is InChI=1S/C15H23NO3/c1-2-11-7-5-6-10-16(11)14(17)12-8-3-4-9-13(12)15(18)19/h3-4,11-13H,2,5-10H2,1H3,(H,18,19)/t11-,12-,13-/m0/s1. The Labute approximate surface area is 114 Å². The Kier molecular flexibility index (Phi) is 4.61. The fraction of sp³-hybridized carbons (Fsp3) is 0.733. The predicted molar refractivity (Wildman–Crippen MR) is 72.6 cm³/mol. The maximum atomic E-state index is 12.7. The van der Waals surface area contributed by atoms with Gasteiger partial charge in [0.05, 0.1) is 11.8 Å². The number of carbonyl (C=O) groups is 2. The van der Waals surface area contributed by atoms with E-state index < -0.39 is 11.9 Å². The number of carboxylic acids is 1. The Bertz CT molecular complexity index is 378. The highest BCUT2D eigenvalue weighted by Gasteiger charge is 2.38. The first-order valence-electron chi connectivity index (χ1n) is 7.33. The van der Waals surface area contributed by atoms with Crippen molar-refractivity contribution in [2.75, 3.05) is 6.54 Å². The van der Waals surface area contributed by atoms with Crippen molar-refractivity contribution >= 4 is 11.9 Å². The number of nitrogens with zero attached hydrogens (tertiary/aromatic N) is 1. The minimum Gasteiger partial charge on any atom is -0.481 e. The summed E-state index contributed by atoms with van der Waals surface area (Å²) in [6, 6.07) is 0.307. The number of amides is 1. The first-order chi connectivity index (χ1) is 9.15. The molecule has 4 heteroatoms. The van der Waals surface area contributed by atoms with Gasteiger partial charge in [0.25, 0.3) is 0 Å². The monoisotopic (exact) mass is 265 g/mol. The van der Waals surface area contributed by atoms with Crippen LogP contribution in [-0.4, -0.2) is 34.5 Å². The summed E-state index contributed by atoms with van der Waals surface area (Å²) in [7, 11) is 0. The zero-order valence-electron chi connectivity index (χ0n) is 11.5. The molecule has 0 unspecified atom stereocenters. The molecule has 0 aromatic heterocycles. The van der Waals surface area contributed by atoms with Crippen molar-refractivity contribution < 1.29 is 14.7 Å². The number of aliphatic carboxylic acids is 1. The van der Waals surface area contributed by atoms with Crippen LogP contribution in [-0.2, 0) is 9.59 Å². The number of carbonyl (C=O) groups excluding carboxylic acids is 1. The van der Waals surface area contributed by atoms with Gasteiger partial charge in [0.15, 0.2) is 0 Å². The molecule has 0 saturated carbocycles. The van der Waals surface area contributed by atoms with Gasteiger partial charge in [-0.3, -0.25) is 9.59 Å². The van der Waals surface area contributed by atoms with Gasteiger partial charge in [0.1, 0.15) is 0 Å². The van der Waals surface area contributed by atoms with Crippen LogP contribution in [0.4, 0.5) is 0 Å². The molecule has 0 spiro atoms. The molecule has 1 N–H and O–H groups in total. The van der Waals surface area contributed by atoms with E-state index in [1.165, 1.54) is 6.42 Å². The Morgan fingerprint density at radius 3 is 2.53 bits per heavy atom. The lowest BCUT2D eigenvalue weighted by molar-refractivity contribution is -0.152. The molecular weight excluding hydrogens is 242 g/mol. The second kappa shape index (κ2) is 6.22. The molecular formula is C15H23NO3. The molecule has 1 aliphatic heterocycles. The third kappa shape index (κ3) is 2.99. The van der Waals surface area contributed by atoms with E-state index in [-0.39, 0.29) is 11.8 Å². The number of allylic oxidation sites excluding steroid dienone is 2. The highest BCUT2D eigenvalue weighted by molar-refractivity contribution is 5.85. The van der Waals surface area contributed by atoms with Crippen LogP contribution in [0.15, 0.2) is 12.2 Å². The Morgan fingerprint density at radius 2 is 1.89 bits per heavy atom. The van der Waals surface area contributed by atoms with Gasteiger partial charge in [0, 0.05) is 12.6 Å². The molecule has 0 aromatic carbocycles. The van der Waals surface area contributed by atoms with Gasteiger partial charge in [0.2, 0.25) is 5.91 Å². The molecule has 2 aliphatic rings. The largest absolute Gasteiger partial charge is 0.481 e. The lowest BCUT2D eigenvalue weighted by Gasteiger charge is -2.39. The van der Waals surface area contributed by atoms with Crippen molar-refractivity contribution in [1.29, 1.82) is 0 Å². The van der Waals surface area contributed by atoms with E-state index >= 15 is 0 Å². The zero-order valence-corrected chi connectivity index (χ0v) is 11.5. The summed E-state index contributed by atoms with van der Waals surface area (Å²) in [4.78, 5) is 25.9. The van der Waals surface area contributed by atoms with Gasteiger partial charge in [-0.1, -0.05) is 19.1 Å². The van der Waals surface area contributed by atoms with Crippen molar-refractivity contribution in [1.82, 2.24) is 4.90 Å². The number of hydrogen-bond acceptors (Lipinski definition) is 2.